The van der Waals surface area contributed by atoms with Crippen molar-refractivity contribution in [1.29, 1.82) is 0 Å². The second kappa shape index (κ2) is 10.5. The Kier molecular flexibility index (Phi) is 6.82. The average molecular weight is 539 g/mol. The van der Waals surface area contributed by atoms with Crippen LogP contribution in [0.3, 0.4) is 0 Å². The van der Waals surface area contributed by atoms with Gasteiger partial charge in [-0.25, -0.2) is 4.39 Å². The largest absolute Gasteiger partial charge is 0.368 e. The number of ketones is 1. The molecular weight excluding hydrogens is 503 g/mol. The van der Waals surface area contributed by atoms with Crippen LogP contribution in [0.15, 0.2) is 90.1 Å². The third-order valence-electron chi connectivity index (χ3n) is 8.25. The fraction of sp³-hybridized carbons (Fsp3) is 0.333. The van der Waals surface area contributed by atoms with Gasteiger partial charge in [-0.05, 0) is 53.8 Å². The molecule has 1 N–H and O–H groups in total. The van der Waals surface area contributed by atoms with Crippen LogP contribution in [0.25, 0.3) is 0 Å². The maximum Gasteiger partial charge on any atom is 0.242 e. The number of halogens is 1. The number of benzene rings is 3. The number of carbonyl (C=O) groups is 2. The van der Waals surface area contributed by atoms with E-state index < -0.39 is 6.04 Å². The summed E-state index contributed by atoms with van der Waals surface area (Å²) >= 11 is 0. The Balaban J connectivity index is 1.35. The highest BCUT2D eigenvalue weighted by molar-refractivity contribution is 6.02. The van der Waals surface area contributed by atoms with E-state index in [1.54, 1.807) is 12.1 Å². The number of para-hydroxylation sites is 3. The molecule has 0 saturated carbocycles. The van der Waals surface area contributed by atoms with Crippen molar-refractivity contribution in [3.05, 3.63) is 102 Å². The molecule has 1 unspecified atom stereocenters. The molecule has 0 spiro atoms. The predicted molar refractivity (Wildman–Crippen MR) is 157 cm³/mol. The van der Waals surface area contributed by atoms with Crippen molar-refractivity contribution in [1.82, 2.24) is 4.90 Å². The highest BCUT2D eigenvalue weighted by Gasteiger charge is 2.42. The van der Waals surface area contributed by atoms with Gasteiger partial charge in [0.1, 0.15) is 5.82 Å². The zero-order valence-corrected chi connectivity index (χ0v) is 23.1. The van der Waals surface area contributed by atoms with Crippen LogP contribution in [0.4, 0.5) is 21.5 Å². The summed E-state index contributed by atoms with van der Waals surface area (Å²) in [6.45, 7) is 7.11. The quantitative estimate of drug-likeness (QED) is 0.456. The molecule has 3 aromatic carbocycles. The van der Waals surface area contributed by atoms with Crippen LogP contribution in [-0.2, 0) is 9.59 Å². The van der Waals surface area contributed by atoms with Gasteiger partial charge in [0, 0.05) is 49.6 Å². The van der Waals surface area contributed by atoms with E-state index in [2.05, 4.69) is 36.2 Å². The molecule has 1 amide bonds. The van der Waals surface area contributed by atoms with Gasteiger partial charge < -0.3 is 20.0 Å². The minimum Gasteiger partial charge on any atom is -0.368 e. The number of hydrogen-bond acceptors (Lipinski definition) is 5. The molecule has 1 aliphatic carbocycles. The van der Waals surface area contributed by atoms with E-state index in [-0.39, 0.29) is 29.5 Å². The van der Waals surface area contributed by atoms with E-state index in [0.29, 0.717) is 31.5 Å². The van der Waals surface area contributed by atoms with Crippen LogP contribution < -0.4 is 15.1 Å². The summed E-state index contributed by atoms with van der Waals surface area (Å²) in [4.78, 5) is 34.0. The van der Waals surface area contributed by atoms with Crippen LogP contribution in [0.5, 0.6) is 0 Å². The molecule has 2 heterocycles. The number of anilines is 3. The molecule has 2 aliphatic heterocycles. The second-order valence-electron chi connectivity index (χ2n) is 11.8. The standard InChI is InChI=1S/C33H35FN4O2/c1-33(2)20-27-31(29(39)21-33)32(23-12-14-24(34)15-13-23)38(28-11-7-6-10-26(28)35-27)22-30(40)37-18-16-36(17-19-37)25-8-4-3-5-9-25/h3-15,32,35H,16-22H2,1-2H3. The zero-order chi connectivity index (χ0) is 27.9. The van der Waals surface area contributed by atoms with Crippen LogP contribution in [-0.4, -0.2) is 49.3 Å². The molecule has 40 heavy (non-hydrogen) atoms. The van der Waals surface area contributed by atoms with Crippen LogP contribution >= 0.6 is 0 Å². The smallest absolute Gasteiger partial charge is 0.242 e. The number of hydrogen-bond donors (Lipinski definition) is 1. The summed E-state index contributed by atoms with van der Waals surface area (Å²) in [5.74, 6) is -0.253. The van der Waals surface area contributed by atoms with Crippen molar-refractivity contribution in [3.8, 4) is 0 Å². The lowest BCUT2D eigenvalue weighted by Gasteiger charge is -2.40. The van der Waals surface area contributed by atoms with Gasteiger partial charge in [-0.15, -0.1) is 0 Å². The van der Waals surface area contributed by atoms with E-state index in [1.165, 1.54) is 12.1 Å². The van der Waals surface area contributed by atoms with Crippen LogP contribution in [0.2, 0.25) is 0 Å². The first-order valence-corrected chi connectivity index (χ1v) is 14.0. The number of amides is 1. The van der Waals surface area contributed by atoms with E-state index in [9.17, 15) is 14.0 Å². The van der Waals surface area contributed by atoms with E-state index in [1.807, 2.05) is 52.3 Å². The maximum atomic E-state index is 14.0. The first-order chi connectivity index (χ1) is 19.3. The van der Waals surface area contributed by atoms with Gasteiger partial charge >= 0.3 is 0 Å². The van der Waals surface area contributed by atoms with Crippen molar-refractivity contribution >= 4 is 28.8 Å². The molecular formula is C33H35FN4O2. The number of carbonyl (C=O) groups excluding carboxylic acids is 2. The number of piperazine rings is 1. The lowest BCUT2D eigenvalue weighted by Crippen LogP contribution is -2.52. The molecule has 0 bridgehead atoms. The Morgan fingerprint density at radius 1 is 0.900 bits per heavy atom. The van der Waals surface area contributed by atoms with Crippen molar-refractivity contribution in [3.63, 3.8) is 0 Å². The number of nitrogens with one attached hydrogen (secondary N) is 1. The Morgan fingerprint density at radius 2 is 1.57 bits per heavy atom. The summed E-state index contributed by atoms with van der Waals surface area (Å²) in [6, 6.07) is 24.0. The van der Waals surface area contributed by atoms with Crippen molar-refractivity contribution in [2.24, 2.45) is 5.41 Å². The van der Waals surface area contributed by atoms with Gasteiger partial charge in [0.2, 0.25) is 5.91 Å². The molecule has 1 saturated heterocycles. The molecule has 7 heteroatoms. The molecule has 6 nitrogen and oxygen atoms in total. The lowest BCUT2D eigenvalue weighted by atomic mass is 9.73. The maximum absolute atomic E-state index is 14.0. The number of Topliss-reactive ketones (excluding diaryl/α,β-unsaturated/α-hetero) is 1. The number of nitrogens with zero attached hydrogens (tertiary/aromatic N) is 3. The lowest BCUT2D eigenvalue weighted by molar-refractivity contribution is -0.130. The van der Waals surface area contributed by atoms with E-state index >= 15 is 0 Å². The average Bonchev–Trinajstić information content (AvgIpc) is 3.08. The van der Waals surface area contributed by atoms with Gasteiger partial charge in [-0.2, -0.15) is 0 Å². The Hall–Kier alpha value is -4.13. The van der Waals surface area contributed by atoms with Gasteiger partial charge in [0.05, 0.1) is 24.0 Å². The number of allylic oxidation sites excluding steroid dienone is 1. The minimum atomic E-state index is -0.509. The van der Waals surface area contributed by atoms with Crippen LogP contribution in [0.1, 0.15) is 38.3 Å². The zero-order valence-electron chi connectivity index (χ0n) is 23.1. The Bertz CT molecular complexity index is 1440. The van der Waals surface area contributed by atoms with Gasteiger partial charge in [0.15, 0.2) is 5.78 Å². The van der Waals surface area contributed by atoms with E-state index in [4.69, 9.17) is 0 Å². The SMILES string of the molecule is CC1(C)CC(=O)C2=C(C1)Nc1ccccc1N(CC(=O)N1CCN(c3ccccc3)CC1)C2c1ccc(F)cc1. The molecule has 0 radical (unpaired) electrons. The predicted octanol–water partition coefficient (Wildman–Crippen LogP) is 5.79. The number of fused-ring (bicyclic) bond motifs is 1. The Morgan fingerprint density at radius 3 is 2.30 bits per heavy atom. The van der Waals surface area contributed by atoms with E-state index in [0.717, 1.165) is 41.4 Å². The van der Waals surface area contributed by atoms with Gasteiger partial charge in [-0.1, -0.05) is 56.3 Å². The van der Waals surface area contributed by atoms with Gasteiger partial charge in [0.25, 0.3) is 0 Å². The first kappa shape index (κ1) is 26.1. The Labute approximate surface area is 235 Å². The molecule has 206 valence electrons. The summed E-state index contributed by atoms with van der Waals surface area (Å²) in [5, 5.41) is 3.58. The summed E-state index contributed by atoms with van der Waals surface area (Å²) < 4.78 is 14.0. The second-order valence-corrected chi connectivity index (χ2v) is 11.8. The van der Waals surface area contributed by atoms with Crippen molar-refractivity contribution in [2.45, 2.75) is 32.7 Å². The third kappa shape index (κ3) is 5.08. The van der Waals surface area contributed by atoms with Crippen LogP contribution in [0, 0.1) is 11.2 Å². The van der Waals surface area contributed by atoms with Crippen molar-refractivity contribution in [2.75, 3.05) is 47.8 Å². The minimum absolute atomic E-state index is 0.0160. The molecule has 1 atom stereocenters. The molecule has 1 fully saturated rings. The van der Waals surface area contributed by atoms with Gasteiger partial charge in [-0.3, -0.25) is 9.59 Å². The fourth-order valence-corrected chi connectivity index (χ4v) is 6.32. The first-order valence-electron chi connectivity index (χ1n) is 14.0. The topological polar surface area (TPSA) is 55.9 Å². The highest BCUT2D eigenvalue weighted by atomic mass is 19.1. The number of rotatable bonds is 4. The fourth-order valence-electron chi connectivity index (χ4n) is 6.32. The molecule has 6 rings (SSSR count). The third-order valence-corrected chi connectivity index (χ3v) is 8.25. The monoisotopic (exact) mass is 538 g/mol. The van der Waals surface area contributed by atoms with Crippen molar-refractivity contribution < 1.29 is 14.0 Å². The summed E-state index contributed by atoms with van der Waals surface area (Å²) in [5.41, 5.74) is 5.05. The summed E-state index contributed by atoms with van der Waals surface area (Å²) in [7, 11) is 0. The normalized spacial score (nSPS) is 20.4. The molecule has 3 aliphatic rings. The summed E-state index contributed by atoms with van der Waals surface area (Å²) in [6.07, 6.45) is 1.13. The molecule has 3 aromatic rings. The molecule has 0 aromatic heterocycles. The highest BCUT2D eigenvalue weighted by Crippen LogP contribution is 2.48.